The fourth-order valence-corrected chi connectivity index (χ4v) is 5.15. The van der Waals surface area contributed by atoms with Gasteiger partial charge in [-0.25, -0.2) is 9.97 Å². The van der Waals surface area contributed by atoms with Crippen LogP contribution in [-0.2, 0) is 20.8 Å². The number of aromatic nitrogens is 2. The summed E-state index contributed by atoms with van der Waals surface area (Å²) in [6.07, 6.45) is 3.30. The van der Waals surface area contributed by atoms with Gasteiger partial charge in [0.2, 0.25) is 17.7 Å². The van der Waals surface area contributed by atoms with Crippen molar-refractivity contribution >= 4 is 51.7 Å². The van der Waals surface area contributed by atoms with Gasteiger partial charge >= 0.3 is 0 Å². The molecule has 11 nitrogen and oxygen atoms in total. The summed E-state index contributed by atoms with van der Waals surface area (Å²) in [4.78, 5) is 48.2. The molecule has 1 aromatic heterocycles. The summed E-state index contributed by atoms with van der Waals surface area (Å²) in [5, 5.41) is 16.1. The molecule has 1 saturated heterocycles. The van der Waals surface area contributed by atoms with Crippen molar-refractivity contribution in [1.29, 1.82) is 0 Å². The van der Waals surface area contributed by atoms with Gasteiger partial charge in [0.15, 0.2) is 0 Å². The van der Waals surface area contributed by atoms with E-state index in [0.29, 0.717) is 34.9 Å². The fourth-order valence-electron chi connectivity index (χ4n) is 5.02. The van der Waals surface area contributed by atoms with Gasteiger partial charge in [-0.3, -0.25) is 19.7 Å². The third-order valence-electron chi connectivity index (χ3n) is 7.57. The van der Waals surface area contributed by atoms with Crippen LogP contribution in [-0.4, -0.2) is 66.5 Å². The number of carbonyl (C=O) groups is 3. The number of methoxy groups -OCH3 is 1. The number of rotatable bonds is 11. The lowest BCUT2D eigenvalue weighted by Gasteiger charge is -2.35. The van der Waals surface area contributed by atoms with E-state index in [1.54, 1.807) is 33.2 Å². The standard InChI is InChI=1S/C30H38ClN7O4/c1-17(32-4)27(39)37-25(29(41)38-28(40)22-7-6-12-33-22)30(2,3)15-18-13-21-23(14-24(18)42-5)34-16-35-26(21)36-20-10-8-19(31)9-11-20/h8-11,13-14,16-17,22,25,32-33H,6-7,12,15H2,1-5H3,(H,37,39)(H,34,35,36)(H,38,40,41)/t17-,22-,25+/m0/s1. The lowest BCUT2D eigenvalue weighted by Crippen LogP contribution is -2.59. The molecule has 0 saturated carbocycles. The van der Waals surface area contributed by atoms with Gasteiger partial charge in [-0.1, -0.05) is 25.4 Å². The van der Waals surface area contributed by atoms with E-state index >= 15 is 0 Å². The lowest BCUT2D eigenvalue weighted by molar-refractivity contribution is -0.137. The summed E-state index contributed by atoms with van der Waals surface area (Å²) in [7, 11) is 3.23. The first kappa shape index (κ1) is 31.1. The Morgan fingerprint density at radius 3 is 2.52 bits per heavy atom. The zero-order valence-electron chi connectivity index (χ0n) is 24.5. The van der Waals surface area contributed by atoms with Gasteiger partial charge in [0.05, 0.1) is 24.7 Å². The molecule has 0 aliphatic carbocycles. The minimum Gasteiger partial charge on any atom is -0.496 e. The molecule has 4 rings (SSSR count). The molecule has 1 aliphatic heterocycles. The van der Waals surface area contributed by atoms with Crippen molar-refractivity contribution in [3.05, 3.63) is 53.3 Å². The number of anilines is 2. The van der Waals surface area contributed by atoms with E-state index in [1.165, 1.54) is 6.33 Å². The first-order chi connectivity index (χ1) is 20.0. The lowest BCUT2D eigenvalue weighted by atomic mass is 9.77. The van der Waals surface area contributed by atoms with E-state index < -0.39 is 35.4 Å². The summed E-state index contributed by atoms with van der Waals surface area (Å²) < 4.78 is 5.72. The molecule has 42 heavy (non-hydrogen) atoms. The largest absolute Gasteiger partial charge is 0.496 e. The second kappa shape index (κ2) is 13.5. The summed E-state index contributed by atoms with van der Waals surface area (Å²) in [5.74, 6) is -0.155. The van der Waals surface area contributed by atoms with Gasteiger partial charge in [0.1, 0.15) is 23.9 Å². The topological polar surface area (TPSA) is 146 Å². The van der Waals surface area contributed by atoms with Crippen LogP contribution in [0, 0.1) is 5.41 Å². The van der Waals surface area contributed by atoms with Gasteiger partial charge in [-0.2, -0.15) is 0 Å². The summed E-state index contributed by atoms with van der Waals surface area (Å²) in [5.41, 5.74) is 1.40. The Balaban J connectivity index is 1.67. The molecule has 0 radical (unpaired) electrons. The number of nitrogens with one attached hydrogen (secondary N) is 5. The minimum atomic E-state index is -1.02. The molecule has 3 amide bonds. The predicted octanol–water partition coefficient (Wildman–Crippen LogP) is 3.09. The average Bonchev–Trinajstić information content (AvgIpc) is 3.51. The molecule has 5 N–H and O–H groups in total. The molecule has 2 heterocycles. The molecule has 1 aliphatic rings. The van der Waals surface area contributed by atoms with E-state index in [9.17, 15) is 14.4 Å². The van der Waals surface area contributed by atoms with Crippen molar-refractivity contribution in [2.24, 2.45) is 5.41 Å². The number of amides is 3. The van der Waals surface area contributed by atoms with Crippen LogP contribution in [0.2, 0.25) is 5.02 Å². The maximum atomic E-state index is 13.6. The Kier molecular flexibility index (Phi) is 9.97. The smallest absolute Gasteiger partial charge is 0.249 e. The third-order valence-corrected chi connectivity index (χ3v) is 7.82. The van der Waals surface area contributed by atoms with Crippen molar-refractivity contribution < 1.29 is 19.1 Å². The third kappa shape index (κ3) is 7.33. The van der Waals surface area contributed by atoms with E-state index in [4.69, 9.17) is 16.3 Å². The highest BCUT2D eigenvalue weighted by atomic mass is 35.5. The molecule has 2 aromatic carbocycles. The second-order valence-electron chi connectivity index (χ2n) is 11.2. The summed E-state index contributed by atoms with van der Waals surface area (Å²) in [6, 6.07) is 9.02. The zero-order chi connectivity index (χ0) is 30.4. The van der Waals surface area contributed by atoms with E-state index in [2.05, 4.69) is 36.6 Å². The molecule has 3 aromatic rings. The van der Waals surface area contributed by atoms with Gasteiger partial charge in [-0.05, 0) is 81.1 Å². The Bertz CT molecular complexity index is 1440. The van der Waals surface area contributed by atoms with Crippen LogP contribution in [0.1, 0.15) is 39.2 Å². The molecule has 0 bridgehead atoms. The number of ether oxygens (including phenoxy) is 1. The second-order valence-corrected chi connectivity index (χ2v) is 11.6. The number of halogens is 1. The zero-order valence-corrected chi connectivity index (χ0v) is 25.3. The Labute approximate surface area is 250 Å². The van der Waals surface area contributed by atoms with Crippen LogP contribution in [0.4, 0.5) is 11.5 Å². The average molecular weight is 596 g/mol. The van der Waals surface area contributed by atoms with Crippen LogP contribution in [0.25, 0.3) is 10.9 Å². The molecule has 12 heteroatoms. The number of hydrogen-bond donors (Lipinski definition) is 5. The van der Waals surface area contributed by atoms with Crippen LogP contribution in [0.5, 0.6) is 5.75 Å². The Hall–Kier alpha value is -3.80. The molecule has 1 fully saturated rings. The summed E-state index contributed by atoms with van der Waals surface area (Å²) >= 11 is 6.04. The highest BCUT2D eigenvalue weighted by molar-refractivity contribution is 6.30. The number of benzene rings is 2. The van der Waals surface area contributed by atoms with Crippen molar-refractivity contribution in [3.8, 4) is 5.75 Å². The van der Waals surface area contributed by atoms with Crippen molar-refractivity contribution in [1.82, 2.24) is 31.2 Å². The molecular weight excluding hydrogens is 558 g/mol. The van der Waals surface area contributed by atoms with Crippen LogP contribution in [0.15, 0.2) is 42.7 Å². The van der Waals surface area contributed by atoms with Crippen LogP contribution in [0.3, 0.4) is 0 Å². The number of hydrogen-bond acceptors (Lipinski definition) is 9. The van der Waals surface area contributed by atoms with E-state index in [1.807, 2.05) is 38.1 Å². The minimum absolute atomic E-state index is 0.323. The van der Waals surface area contributed by atoms with Crippen molar-refractivity contribution in [2.75, 3.05) is 26.0 Å². The maximum absolute atomic E-state index is 13.6. The summed E-state index contributed by atoms with van der Waals surface area (Å²) in [6.45, 7) is 6.17. The fraction of sp³-hybridized carbons (Fsp3) is 0.433. The quantitative estimate of drug-likeness (QED) is 0.226. The number of likely N-dealkylation sites (N-methyl/N-ethyl adjacent to an activating group) is 1. The highest BCUT2D eigenvalue weighted by Crippen LogP contribution is 2.35. The molecule has 0 unspecified atom stereocenters. The normalized spacial score (nSPS) is 16.5. The first-order valence-electron chi connectivity index (χ1n) is 13.9. The Morgan fingerprint density at radius 2 is 1.88 bits per heavy atom. The van der Waals surface area contributed by atoms with Crippen LogP contribution >= 0.6 is 11.6 Å². The number of fused-ring (bicyclic) bond motifs is 1. The van der Waals surface area contributed by atoms with Crippen molar-refractivity contribution in [2.45, 2.75) is 58.2 Å². The van der Waals surface area contributed by atoms with Crippen LogP contribution < -0.4 is 31.3 Å². The Morgan fingerprint density at radius 1 is 1.14 bits per heavy atom. The molecule has 224 valence electrons. The van der Waals surface area contributed by atoms with Gasteiger partial charge in [0.25, 0.3) is 0 Å². The first-order valence-corrected chi connectivity index (χ1v) is 14.3. The van der Waals surface area contributed by atoms with Gasteiger partial charge in [0, 0.05) is 22.2 Å². The van der Waals surface area contributed by atoms with E-state index in [-0.39, 0.29) is 5.91 Å². The number of imide groups is 1. The van der Waals surface area contributed by atoms with E-state index in [0.717, 1.165) is 29.6 Å². The monoisotopic (exact) mass is 595 g/mol. The predicted molar refractivity (Wildman–Crippen MR) is 163 cm³/mol. The SMILES string of the molecule is CN[C@@H](C)C(=O)N[C@H](C(=O)NC(=O)[C@@H]1CCCN1)C(C)(C)Cc1cc2c(Nc3ccc(Cl)cc3)ncnc2cc1OC. The maximum Gasteiger partial charge on any atom is 0.249 e. The van der Waals surface area contributed by atoms with Crippen molar-refractivity contribution in [3.63, 3.8) is 0 Å². The molecule has 3 atom stereocenters. The number of nitrogens with zero attached hydrogens (tertiary/aromatic N) is 2. The van der Waals surface area contributed by atoms with Gasteiger partial charge in [-0.15, -0.1) is 0 Å². The van der Waals surface area contributed by atoms with Gasteiger partial charge < -0.3 is 26.0 Å². The molecule has 0 spiro atoms. The highest BCUT2D eigenvalue weighted by Gasteiger charge is 2.39. The number of carbonyl (C=O) groups excluding carboxylic acids is 3. The molecular formula is C30H38ClN7O4.